The second-order valence-corrected chi connectivity index (χ2v) is 8.61. The average molecular weight is 435 g/mol. The van der Waals surface area contributed by atoms with Crippen molar-refractivity contribution in [1.82, 2.24) is 15.0 Å². The van der Waals surface area contributed by atoms with E-state index in [4.69, 9.17) is 15.7 Å². The highest BCUT2D eigenvalue weighted by Crippen LogP contribution is 2.37. The van der Waals surface area contributed by atoms with Crippen LogP contribution in [0.4, 0.5) is 13.2 Å². The highest BCUT2D eigenvalue weighted by atomic mass is 19.4. The predicted octanol–water partition coefficient (Wildman–Crippen LogP) is 5.30. The SMILES string of the molecule is N=C(N)N1CCC[C@H]1c1nc(-c2ccc(CCC3CCCCC3)c(C(F)(F)F)c2)no1. The Morgan fingerprint density at radius 1 is 1.16 bits per heavy atom. The Hall–Kier alpha value is -2.58. The lowest BCUT2D eigenvalue weighted by Crippen LogP contribution is -2.35. The summed E-state index contributed by atoms with van der Waals surface area (Å²) < 4.78 is 46.7. The normalized spacial score (nSPS) is 20.4. The van der Waals surface area contributed by atoms with E-state index in [1.807, 2.05) is 0 Å². The fraction of sp³-hybridized carbons (Fsp3) is 0.591. The van der Waals surface area contributed by atoms with Crippen LogP contribution in [-0.4, -0.2) is 27.5 Å². The Morgan fingerprint density at radius 3 is 2.65 bits per heavy atom. The van der Waals surface area contributed by atoms with Crippen LogP contribution in [0.1, 0.15) is 74.4 Å². The molecule has 4 rings (SSSR count). The van der Waals surface area contributed by atoms with Gasteiger partial charge in [-0.05, 0) is 43.2 Å². The lowest BCUT2D eigenvalue weighted by atomic mass is 9.84. The largest absolute Gasteiger partial charge is 0.416 e. The first-order valence-corrected chi connectivity index (χ1v) is 11.0. The number of aryl methyl sites for hydroxylation is 1. The molecule has 6 nitrogen and oxygen atoms in total. The lowest BCUT2D eigenvalue weighted by molar-refractivity contribution is -0.138. The third-order valence-corrected chi connectivity index (χ3v) is 6.51. The minimum absolute atomic E-state index is 0.0797. The highest BCUT2D eigenvalue weighted by Gasteiger charge is 2.35. The summed E-state index contributed by atoms with van der Waals surface area (Å²) in [6.45, 7) is 0.617. The molecule has 1 atom stereocenters. The Morgan fingerprint density at radius 2 is 1.94 bits per heavy atom. The van der Waals surface area contributed by atoms with Gasteiger partial charge in [0.2, 0.25) is 11.7 Å². The lowest BCUT2D eigenvalue weighted by Gasteiger charge is -2.22. The van der Waals surface area contributed by atoms with Crippen molar-refractivity contribution in [3.63, 3.8) is 0 Å². The van der Waals surface area contributed by atoms with Gasteiger partial charge in [0, 0.05) is 12.1 Å². The van der Waals surface area contributed by atoms with Gasteiger partial charge in [-0.1, -0.05) is 49.4 Å². The highest BCUT2D eigenvalue weighted by molar-refractivity contribution is 5.75. The molecule has 9 heteroatoms. The first-order valence-electron chi connectivity index (χ1n) is 11.0. The molecule has 1 aliphatic carbocycles. The standard InChI is InChI=1S/C22H28F3N5O/c23-22(24,25)17-13-16(11-10-15(17)9-8-14-5-2-1-3-6-14)19-28-20(31-29-19)18-7-4-12-30(18)21(26)27/h10-11,13-14,18H,1-9,12H2,(H3,26,27)/t18-/m0/s1. The van der Waals surface area contributed by atoms with Crippen LogP contribution in [0, 0.1) is 11.3 Å². The van der Waals surface area contributed by atoms with Crippen molar-refractivity contribution in [3.8, 4) is 11.4 Å². The van der Waals surface area contributed by atoms with Gasteiger partial charge in [-0.25, -0.2) is 0 Å². The van der Waals surface area contributed by atoms with E-state index in [1.165, 1.54) is 19.3 Å². The van der Waals surface area contributed by atoms with Gasteiger partial charge in [0.25, 0.3) is 0 Å². The summed E-state index contributed by atoms with van der Waals surface area (Å²) in [6.07, 6.45) is 4.12. The van der Waals surface area contributed by atoms with Crippen molar-refractivity contribution in [2.75, 3.05) is 6.54 Å². The van der Waals surface area contributed by atoms with Crippen molar-refractivity contribution in [2.45, 2.75) is 70.0 Å². The Bertz CT molecular complexity index is 920. The number of nitrogens with zero attached hydrogens (tertiary/aromatic N) is 3. The van der Waals surface area contributed by atoms with Crippen molar-refractivity contribution in [1.29, 1.82) is 5.41 Å². The number of alkyl halides is 3. The van der Waals surface area contributed by atoms with E-state index in [0.29, 0.717) is 30.9 Å². The number of hydrogen-bond donors (Lipinski definition) is 2. The molecule has 3 N–H and O–H groups in total. The Kier molecular flexibility index (Phi) is 6.20. The van der Waals surface area contributed by atoms with Gasteiger partial charge < -0.3 is 15.2 Å². The zero-order valence-electron chi connectivity index (χ0n) is 17.4. The van der Waals surface area contributed by atoms with E-state index in [9.17, 15) is 13.2 Å². The Balaban J connectivity index is 1.55. The van der Waals surface area contributed by atoms with Crippen molar-refractivity contribution < 1.29 is 17.7 Å². The van der Waals surface area contributed by atoms with Crippen LogP contribution in [0.25, 0.3) is 11.4 Å². The monoisotopic (exact) mass is 435 g/mol. The minimum Gasteiger partial charge on any atom is -0.370 e. The number of aromatic nitrogens is 2. The quantitative estimate of drug-likeness (QED) is 0.491. The molecule has 0 spiro atoms. The molecule has 2 aliphatic rings. The van der Waals surface area contributed by atoms with E-state index in [1.54, 1.807) is 17.0 Å². The van der Waals surface area contributed by atoms with Gasteiger partial charge in [0.15, 0.2) is 5.96 Å². The number of likely N-dealkylation sites (tertiary alicyclic amines) is 1. The number of nitrogens with one attached hydrogen (secondary N) is 1. The number of rotatable bonds is 5. The van der Waals surface area contributed by atoms with Crippen molar-refractivity contribution in [2.24, 2.45) is 11.7 Å². The summed E-state index contributed by atoms with van der Waals surface area (Å²) in [5.74, 6) is 0.834. The van der Waals surface area contributed by atoms with Gasteiger partial charge in [0.05, 0.1) is 5.56 Å². The first kappa shape index (κ1) is 21.6. The van der Waals surface area contributed by atoms with E-state index in [0.717, 1.165) is 31.7 Å². The van der Waals surface area contributed by atoms with Crippen LogP contribution in [0.15, 0.2) is 22.7 Å². The maximum Gasteiger partial charge on any atom is 0.416 e. The van der Waals surface area contributed by atoms with Gasteiger partial charge in [-0.3, -0.25) is 5.41 Å². The fourth-order valence-corrected chi connectivity index (χ4v) is 4.83. The molecule has 2 heterocycles. The van der Waals surface area contributed by atoms with Gasteiger partial charge in [0.1, 0.15) is 6.04 Å². The molecule has 1 aliphatic heterocycles. The Labute approximate surface area is 179 Å². The number of benzene rings is 1. The van der Waals surface area contributed by atoms with Gasteiger partial charge in [-0.2, -0.15) is 18.2 Å². The van der Waals surface area contributed by atoms with Crippen LogP contribution in [0.2, 0.25) is 0 Å². The molecule has 0 unspecified atom stereocenters. The van der Waals surface area contributed by atoms with Crippen LogP contribution in [0.3, 0.4) is 0 Å². The van der Waals surface area contributed by atoms with Crippen LogP contribution >= 0.6 is 0 Å². The third-order valence-electron chi connectivity index (χ3n) is 6.51. The summed E-state index contributed by atoms with van der Waals surface area (Å²) in [6, 6.07) is 4.00. The van der Waals surface area contributed by atoms with Crippen molar-refractivity contribution in [3.05, 3.63) is 35.2 Å². The average Bonchev–Trinajstić information content (AvgIpc) is 3.42. The molecule has 2 aromatic rings. The minimum atomic E-state index is -4.44. The summed E-state index contributed by atoms with van der Waals surface area (Å²) >= 11 is 0. The molecule has 0 radical (unpaired) electrons. The van der Waals surface area contributed by atoms with E-state index in [-0.39, 0.29) is 29.3 Å². The summed E-state index contributed by atoms with van der Waals surface area (Å²) in [5.41, 5.74) is 5.58. The maximum atomic E-state index is 13.8. The molecule has 1 aromatic carbocycles. The molecule has 2 fully saturated rings. The predicted molar refractivity (Wildman–Crippen MR) is 110 cm³/mol. The van der Waals surface area contributed by atoms with E-state index in [2.05, 4.69) is 10.1 Å². The molecular formula is C22H28F3N5O. The zero-order valence-corrected chi connectivity index (χ0v) is 17.4. The zero-order chi connectivity index (χ0) is 22.0. The molecule has 1 aromatic heterocycles. The second-order valence-electron chi connectivity index (χ2n) is 8.61. The molecule has 31 heavy (non-hydrogen) atoms. The third kappa shape index (κ3) is 4.85. The molecule has 0 amide bonds. The summed E-state index contributed by atoms with van der Waals surface area (Å²) in [7, 11) is 0. The van der Waals surface area contributed by atoms with E-state index < -0.39 is 11.7 Å². The smallest absolute Gasteiger partial charge is 0.370 e. The molecule has 1 saturated heterocycles. The number of guanidine groups is 1. The first-order chi connectivity index (χ1) is 14.8. The van der Waals surface area contributed by atoms with Gasteiger partial charge >= 0.3 is 6.18 Å². The summed E-state index contributed by atoms with van der Waals surface area (Å²) in [5, 5.41) is 11.6. The summed E-state index contributed by atoms with van der Waals surface area (Å²) in [4.78, 5) is 5.99. The van der Waals surface area contributed by atoms with E-state index >= 15 is 0 Å². The van der Waals surface area contributed by atoms with Crippen LogP contribution in [0.5, 0.6) is 0 Å². The second kappa shape index (κ2) is 8.88. The maximum absolute atomic E-state index is 13.8. The number of halogens is 3. The topological polar surface area (TPSA) is 92.0 Å². The molecule has 168 valence electrons. The van der Waals surface area contributed by atoms with Gasteiger partial charge in [-0.15, -0.1) is 0 Å². The van der Waals surface area contributed by atoms with Crippen LogP contribution < -0.4 is 5.73 Å². The molecular weight excluding hydrogens is 407 g/mol. The van der Waals surface area contributed by atoms with Crippen LogP contribution in [-0.2, 0) is 12.6 Å². The molecule has 1 saturated carbocycles. The fourth-order valence-electron chi connectivity index (χ4n) is 4.83. The number of nitrogens with two attached hydrogens (primary N) is 1. The molecule has 0 bridgehead atoms. The van der Waals surface area contributed by atoms with Crippen molar-refractivity contribution >= 4 is 5.96 Å². The number of hydrogen-bond acceptors (Lipinski definition) is 4.